The summed E-state index contributed by atoms with van der Waals surface area (Å²) in [7, 11) is -2.19. The summed E-state index contributed by atoms with van der Waals surface area (Å²) in [5.74, 6) is 2.79. The largest absolute Gasteiger partial charge is 0.497 e. The maximum Gasteiger partial charge on any atom is 0.241 e. The molecular weight excluding hydrogens is 388 g/mol. The lowest BCUT2D eigenvalue weighted by atomic mass is 9.53. The second-order valence-electron chi connectivity index (χ2n) is 10.1. The third-order valence-corrected chi connectivity index (χ3v) is 8.54. The standard InChI is InChI=1S/C22H32N2O4S/c1-21(2,24-29(26,27)19-6-4-18(28-3)5-7-19)14-20(25)23-22-11-15-8-16(12-22)10-17(9-15)13-22/h4-7,15-17,24H,8-14H2,1-3H3,(H,23,25). The summed E-state index contributed by atoms with van der Waals surface area (Å²) in [5.41, 5.74) is -0.943. The van der Waals surface area contributed by atoms with E-state index in [1.807, 2.05) is 0 Å². The van der Waals surface area contributed by atoms with Crippen LogP contribution in [0.25, 0.3) is 0 Å². The first-order chi connectivity index (χ1) is 13.6. The van der Waals surface area contributed by atoms with Crippen LogP contribution >= 0.6 is 0 Å². The fourth-order valence-corrected chi connectivity index (χ4v) is 7.63. The minimum Gasteiger partial charge on any atom is -0.497 e. The van der Waals surface area contributed by atoms with Crippen LogP contribution in [0.5, 0.6) is 5.75 Å². The summed E-state index contributed by atoms with van der Waals surface area (Å²) in [5, 5.41) is 3.33. The lowest BCUT2D eigenvalue weighted by molar-refractivity contribution is -0.127. The van der Waals surface area contributed by atoms with Crippen LogP contribution in [0.2, 0.25) is 0 Å². The molecule has 160 valence electrons. The van der Waals surface area contributed by atoms with Crippen molar-refractivity contribution in [3.05, 3.63) is 24.3 Å². The Balaban J connectivity index is 1.39. The van der Waals surface area contributed by atoms with Gasteiger partial charge in [-0.2, -0.15) is 0 Å². The van der Waals surface area contributed by atoms with Gasteiger partial charge >= 0.3 is 0 Å². The molecule has 4 bridgehead atoms. The number of amides is 1. The van der Waals surface area contributed by atoms with E-state index >= 15 is 0 Å². The fraction of sp³-hybridized carbons (Fsp3) is 0.682. The Bertz CT molecular complexity index is 841. The van der Waals surface area contributed by atoms with Crippen molar-refractivity contribution in [3.63, 3.8) is 0 Å². The summed E-state index contributed by atoms with van der Waals surface area (Å²) >= 11 is 0. The molecule has 1 aromatic rings. The number of methoxy groups -OCH3 is 1. The molecule has 1 aromatic carbocycles. The second kappa shape index (κ2) is 7.27. The van der Waals surface area contributed by atoms with Gasteiger partial charge in [-0.1, -0.05) is 0 Å². The highest BCUT2D eigenvalue weighted by Gasteiger charge is 2.51. The minimum absolute atomic E-state index is 0.0588. The molecule has 0 atom stereocenters. The van der Waals surface area contributed by atoms with Crippen LogP contribution in [0.15, 0.2) is 29.2 Å². The van der Waals surface area contributed by atoms with Crippen LogP contribution in [0.3, 0.4) is 0 Å². The van der Waals surface area contributed by atoms with E-state index in [9.17, 15) is 13.2 Å². The second-order valence-corrected chi connectivity index (χ2v) is 11.8. The number of benzene rings is 1. The summed E-state index contributed by atoms with van der Waals surface area (Å²) < 4.78 is 33.3. The zero-order chi connectivity index (χ0) is 20.9. The van der Waals surface area contributed by atoms with Gasteiger partial charge in [-0.25, -0.2) is 13.1 Å². The van der Waals surface area contributed by atoms with Crippen molar-refractivity contribution in [3.8, 4) is 5.75 Å². The van der Waals surface area contributed by atoms with Gasteiger partial charge in [0.25, 0.3) is 0 Å². The molecule has 4 fully saturated rings. The number of ether oxygens (including phenoxy) is 1. The van der Waals surface area contributed by atoms with Gasteiger partial charge in [-0.15, -0.1) is 0 Å². The van der Waals surface area contributed by atoms with E-state index in [-0.39, 0.29) is 22.8 Å². The van der Waals surface area contributed by atoms with Crippen molar-refractivity contribution in [1.82, 2.24) is 10.0 Å². The lowest BCUT2D eigenvalue weighted by Crippen LogP contribution is -2.60. The summed E-state index contributed by atoms with van der Waals surface area (Å²) in [4.78, 5) is 13.0. The molecule has 2 N–H and O–H groups in total. The number of carbonyl (C=O) groups excluding carboxylic acids is 1. The van der Waals surface area contributed by atoms with E-state index in [1.54, 1.807) is 26.0 Å². The van der Waals surface area contributed by atoms with Crippen molar-refractivity contribution in [2.45, 2.75) is 74.8 Å². The molecule has 1 amide bonds. The number of hydrogen-bond acceptors (Lipinski definition) is 4. The molecule has 0 aromatic heterocycles. The monoisotopic (exact) mass is 420 g/mol. The third kappa shape index (κ3) is 4.45. The molecule has 0 unspecified atom stereocenters. The Labute approximate surface area is 173 Å². The van der Waals surface area contributed by atoms with E-state index in [1.165, 1.54) is 38.5 Å². The molecule has 4 saturated carbocycles. The van der Waals surface area contributed by atoms with Crippen LogP contribution in [-0.2, 0) is 14.8 Å². The van der Waals surface area contributed by atoms with Gasteiger partial charge in [0, 0.05) is 17.5 Å². The highest BCUT2D eigenvalue weighted by atomic mass is 32.2. The van der Waals surface area contributed by atoms with Crippen molar-refractivity contribution in [1.29, 1.82) is 0 Å². The molecule has 7 heteroatoms. The average molecular weight is 421 g/mol. The first kappa shape index (κ1) is 20.7. The maximum atomic E-state index is 12.9. The molecule has 0 radical (unpaired) electrons. The zero-order valence-electron chi connectivity index (χ0n) is 17.5. The van der Waals surface area contributed by atoms with Crippen LogP contribution in [0.4, 0.5) is 0 Å². The van der Waals surface area contributed by atoms with Gasteiger partial charge in [-0.05, 0) is 94.4 Å². The third-order valence-electron chi connectivity index (χ3n) is 6.83. The highest BCUT2D eigenvalue weighted by molar-refractivity contribution is 7.89. The Morgan fingerprint density at radius 3 is 2.07 bits per heavy atom. The van der Waals surface area contributed by atoms with Crippen LogP contribution in [0, 0.1) is 17.8 Å². The van der Waals surface area contributed by atoms with E-state index in [2.05, 4.69) is 10.0 Å². The van der Waals surface area contributed by atoms with Crippen molar-refractivity contribution >= 4 is 15.9 Å². The summed E-state index contributed by atoms with van der Waals surface area (Å²) in [6.07, 6.45) is 7.34. The van der Waals surface area contributed by atoms with Crippen molar-refractivity contribution in [2.24, 2.45) is 17.8 Å². The minimum atomic E-state index is -3.73. The number of carbonyl (C=O) groups is 1. The average Bonchev–Trinajstić information content (AvgIpc) is 2.58. The van der Waals surface area contributed by atoms with Gasteiger partial charge in [0.05, 0.1) is 12.0 Å². The highest BCUT2D eigenvalue weighted by Crippen LogP contribution is 2.55. The first-order valence-corrected chi connectivity index (χ1v) is 12.1. The van der Waals surface area contributed by atoms with Crippen molar-refractivity contribution < 1.29 is 17.9 Å². The van der Waals surface area contributed by atoms with E-state index in [0.29, 0.717) is 5.75 Å². The molecule has 6 nitrogen and oxygen atoms in total. The Morgan fingerprint density at radius 2 is 1.59 bits per heavy atom. The molecule has 5 rings (SSSR count). The van der Waals surface area contributed by atoms with Crippen LogP contribution in [-0.4, -0.2) is 32.5 Å². The fourth-order valence-electron chi connectivity index (χ4n) is 6.22. The molecule has 29 heavy (non-hydrogen) atoms. The zero-order valence-corrected chi connectivity index (χ0v) is 18.3. The molecule has 0 spiro atoms. The normalized spacial score (nSPS) is 30.9. The molecular formula is C22H32N2O4S. The van der Waals surface area contributed by atoms with Crippen LogP contribution < -0.4 is 14.8 Å². The first-order valence-electron chi connectivity index (χ1n) is 10.6. The number of nitrogens with one attached hydrogen (secondary N) is 2. The van der Waals surface area contributed by atoms with E-state index in [4.69, 9.17) is 4.74 Å². The predicted molar refractivity (Wildman–Crippen MR) is 111 cm³/mol. The van der Waals surface area contributed by atoms with Gasteiger partial charge in [-0.3, -0.25) is 4.79 Å². The van der Waals surface area contributed by atoms with Gasteiger partial charge in [0.15, 0.2) is 0 Å². The predicted octanol–water partition coefficient (Wildman–Crippen LogP) is 3.23. The van der Waals surface area contributed by atoms with E-state index < -0.39 is 15.6 Å². The quantitative estimate of drug-likeness (QED) is 0.709. The Kier molecular flexibility index (Phi) is 5.18. The SMILES string of the molecule is COc1ccc(S(=O)(=O)NC(C)(C)CC(=O)NC23CC4CC(CC(C4)C2)C3)cc1. The number of sulfonamides is 1. The summed E-state index contributed by atoms with van der Waals surface area (Å²) in [6.45, 7) is 3.51. The molecule has 4 aliphatic carbocycles. The summed E-state index contributed by atoms with van der Waals surface area (Å²) in [6, 6.07) is 6.24. The van der Waals surface area contributed by atoms with Gasteiger partial charge < -0.3 is 10.1 Å². The lowest BCUT2D eigenvalue weighted by Gasteiger charge is -2.57. The maximum absolute atomic E-state index is 12.9. The van der Waals surface area contributed by atoms with Crippen LogP contribution in [0.1, 0.15) is 58.8 Å². The Morgan fingerprint density at radius 1 is 1.07 bits per heavy atom. The number of rotatable bonds is 7. The smallest absolute Gasteiger partial charge is 0.241 e. The van der Waals surface area contributed by atoms with Crippen molar-refractivity contribution in [2.75, 3.05) is 7.11 Å². The molecule has 0 saturated heterocycles. The molecule has 0 heterocycles. The number of hydrogen-bond donors (Lipinski definition) is 2. The van der Waals surface area contributed by atoms with E-state index in [0.717, 1.165) is 37.0 Å². The molecule has 4 aliphatic rings. The van der Waals surface area contributed by atoms with Gasteiger partial charge in [0.1, 0.15) is 5.75 Å². The Hall–Kier alpha value is -1.60. The molecule has 0 aliphatic heterocycles. The van der Waals surface area contributed by atoms with Gasteiger partial charge in [0.2, 0.25) is 15.9 Å². The topological polar surface area (TPSA) is 84.5 Å².